The topological polar surface area (TPSA) is 28.2 Å². The summed E-state index contributed by atoms with van der Waals surface area (Å²) >= 11 is 6.08. The summed E-state index contributed by atoms with van der Waals surface area (Å²) in [5, 5.41) is 4.08. The molecular weight excluding hydrogens is 282 g/mol. The minimum Gasteiger partial charge on any atom is -0.370 e. The van der Waals surface area contributed by atoms with E-state index < -0.39 is 0 Å². The molecule has 1 atom stereocenters. The molecule has 1 unspecified atom stereocenters. The van der Waals surface area contributed by atoms with Crippen LogP contribution in [0, 0.1) is 0 Å². The zero-order valence-corrected chi connectivity index (χ0v) is 13.6. The molecule has 112 valence electrons. The van der Waals surface area contributed by atoms with Crippen LogP contribution in [0.4, 0.5) is 11.6 Å². The van der Waals surface area contributed by atoms with E-state index in [4.69, 9.17) is 11.6 Å². The maximum Gasteiger partial charge on any atom is 0.131 e. The van der Waals surface area contributed by atoms with Crippen LogP contribution >= 0.6 is 11.6 Å². The number of pyridine rings is 1. The predicted molar refractivity (Wildman–Crippen MR) is 91.3 cm³/mol. The second kappa shape index (κ2) is 7.32. The summed E-state index contributed by atoms with van der Waals surface area (Å²) in [5.41, 5.74) is 1.18. The summed E-state index contributed by atoms with van der Waals surface area (Å²) in [5.74, 6) is 1.86. The summed E-state index contributed by atoms with van der Waals surface area (Å²) in [4.78, 5) is 6.82. The van der Waals surface area contributed by atoms with E-state index in [2.05, 4.69) is 42.2 Å². The third-order valence-corrected chi connectivity index (χ3v) is 3.80. The second-order valence-electron chi connectivity index (χ2n) is 5.15. The van der Waals surface area contributed by atoms with Gasteiger partial charge in [0.25, 0.3) is 0 Å². The molecule has 1 aromatic heterocycles. The average Bonchev–Trinajstić information content (AvgIpc) is 2.51. The molecule has 2 rings (SSSR count). The second-order valence-corrected chi connectivity index (χ2v) is 5.59. The van der Waals surface area contributed by atoms with E-state index in [0.717, 1.165) is 29.6 Å². The van der Waals surface area contributed by atoms with E-state index in [0.29, 0.717) is 0 Å². The quantitative estimate of drug-likeness (QED) is 0.834. The van der Waals surface area contributed by atoms with Crippen LogP contribution in [0.1, 0.15) is 31.9 Å². The fourth-order valence-corrected chi connectivity index (χ4v) is 2.36. The molecule has 0 aliphatic carbocycles. The first-order valence-electron chi connectivity index (χ1n) is 7.31. The molecule has 0 amide bonds. The van der Waals surface area contributed by atoms with E-state index in [1.807, 2.05) is 36.4 Å². The van der Waals surface area contributed by atoms with Gasteiger partial charge in [-0.2, -0.15) is 0 Å². The van der Waals surface area contributed by atoms with Crippen molar-refractivity contribution >= 4 is 23.2 Å². The summed E-state index contributed by atoms with van der Waals surface area (Å²) in [7, 11) is 2.05. The molecule has 3 nitrogen and oxygen atoms in total. The van der Waals surface area contributed by atoms with Crippen molar-refractivity contribution in [3.8, 4) is 0 Å². The van der Waals surface area contributed by atoms with Gasteiger partial charge in [0.15, 0.2) is 0 Å². The maximum absolute atomic E-state index is 6.08. The Labute approximate surface area is 132 Å². The molecule has 1 N–H and O–H groups in total. The third-order valence-electron chi connectivity index (χ3n) is 3.56. The normalized spacial score (nSPS) is 12.0. The molecule has 0 saturated heterocycles. The van der Waals surface area contributed by atoms with Crippen LogP contribution in [0.2, 0.25) is 5.02 Å². The van der Waals surface area contributed by atoms with Crippen LogP contribution in [0.5, 0.6) is 0 Å². The van der Waals surface area contributed by atoms with Gasteiger partial charge in [0, 0.05) is 18.6 Å². The Bertz CT molecular complexity index is 586. The third kappa shape index (κ3) is 4.11. The predicted octanol–water partition coefficient (Wildman–Crippen LogP) is 4.75. The Hall–Kier alpha value is -1.74. The fourth-order valence-electron chi connectivity index (χ4n) is 2.16. The van der Waals surface area contributed by atoms with Gasteiger partial charge in [0.05, 0.1) is 6.04 Å². The minimum atomic E-state index is 0.206. The SMILES string of the molecule is CCCNc1cccc(N(C)C(C)c2cccc(Cl)c2)n1. The van der Waals surface area contributed by atoms with E-state index in [-0.39, 0.29) is 6.04 Å². The monoisotopic (exact) mass is 303 g/mol. The maximum atomic E-state index is 6.08. The number of halogens is 1. The lowest BCUT2D eigenvalue weighted by molar-refractivity contribution is 0.729. The van der Waals surface area contributed by atoms with Gasteiger partial charge in [0.1, 0.15) is 11.6 Å². The highest BCUT2D eigenvalue weighted by atomic mass is 35.5. The zero-order chi connectivity index (χ0) is 15.2. The summed E-state index contributed by atoms with van der Waals surface area (Å²) in [6, 6.07) is 14.2. The number of aromatic nitrogens is 1. The number of anilines is 2. The van der Waals surface area contributed by atoms with E-state index in [1.54, 1.807) is 0 Å². The van der Waals surface area contributed by atoms with Crippen LogP contribution in [0.25, 0.3) is 0 Å². The molecule has 0 fully saturated rings. The molecule has 2 aromatic rings. The Balaban J connectivity index is 2.17. The van der Waals surface area contributed by atoms with Gasteiger partial charge in [-0.25, -0.2) is 4.98 Å². The smallest absolute Gasteiger partial charge is 0.131 e. The van der Waals surface area contributed by atoms with Gasteiger partial charge in [0.2, 0.25) is 0 Å². The van der Waals surface area contributed by atoms with E-state index in [9.17, 15) is 0 Å². The van der Waals surface area contributed by atoms with Crippen LogP contribution < -0.4 is 10.2 Å². The Morgan fingerprint density at radius 2 is 2.00 bits per heavy atom. The van der Waals surface area contributed by atoms with Crippen molar-refractivity contribution in [2.45, 2.75) is 26.3 Å². The van der Waals surface area contributed by atoms with E-state index >= 15 is 0 Å². The van der Waals surface area contributed by atoms with Crippen molar-refractivity contribution in [2.24, 2.45) is 0 Å². The van der Waals surface area contributed by atoms with Gasteiger partial charge >= 0.3 is 0 Å². The van der Waals surface area contributed by atoms with Crippen LogP contribution in [0.3, 0.4) is 0 Å². The largest absolute Gasteiger partial charge is 0.370 e. The van der Waals surface area contributed by atoms with Crippen molar-refractivity contribution < 1.29 is 0 Å². The number of nitrogens with one attached hydrogen (secondary N) is 1. The van der Waals surface area contributed by atoms with Crippen molar-refractivity contribution in [1.29, 1.82) is 0 Å². The first-order chi connectivity index (χ1) is 10.1. The van der Waals surface area contributed by atoms with Crippen molar-refractivity contribution in [3.05, 3.63) is 53.1 Å². The molecule has 1 heterocycles. The number of hydrogen-bond acceptors (Lipinski definition) is 3. The molecule has 0 aliphatic heterocycles. The lowest BCUT2D eigenvalue weighted by atomic mass is 10.1. The number of benzene rings is 1. The highest BCUT2D eigenvalue weighted by Gasteiger charge is 2.14. The van der Waals surface area contributed by atoms with Gasteiger partial charge in [-0.3, -0.25) is 0 Å². The minimum absolute atomic E-state index is 0.206. The van der Waals surface area contributed by atoms with Crippen molar-refractivity contribution in [2.75, 3.05) is 23.8 Å². The lowest BCUT2D eigenvalue weighted by Gasteiger charge is -2.27. The first kappa shape index (κ1) is 15.6. The van der Waals surface area contributed by atoms with Crippen LogP contribution in [0.15, 0.2) is 42.5 Å². The molecule has 0 bridgehead atoms. The van der Waals surface area contributed by atoms with E-state index in [1.165, 1.54) is 5.56 Å². The lowest BCUT2D eigenvalue weighted by Crippen LogP contribution is -2.22. The van der Waals surface area contributed by atoms with Gasteiger partial charge in [-0.05, 0) is 43.2 Å². The Morgan fingerprint density at radius 3 is 2.71 bits per heavy atom. The molecule has 0 spiro atoms. The summed E-state index contributed by atoms with van der Waals surface area (Å²) < 4.78 is 0. The average molecular weight is 304 g/mol. The number of nitrogens with zero attached hydrogens (tertiary/aromatic N) is 2. The molecule has 0 saturated carbocycles. The highest BCUT2D eigenvalue weighted by Crippen LogP contribution is 2.26. The molecular formula is C17H22ClN3. The molecule has 1 aromatic carbocycles. The standard InChI is InChI=1S/C17H22ClN3/c1-4-11-19-16-9-6-10-17(20-16)21(3)13(2)14-7-5-8-15(18)12-14/h5-10,12-13H,4,11H2,1-3H3,(H,19,20). The molecule has 21 heavy (non-hydrogen) atoms. The molecule has 0 radical (unpaired) electrons. The van der Waals surface area contributed by atoms with Gasteiger partial charge in [-0.15, -0.1) is 0 Å². The highest BCUT2D eigenvalue weighted by molar-refractivity contribution is 6.30. The van der Waals surface area contributed by atoms with Crippen LogP contribution in [-0.4, -0.2) is 18.6 Å². The first-order valence-corrected chi connectivity index (χ1v) is 7.69. The van der Waals surface area contributed by atoms with Gasteiger partial charge in [-0.1, -0.05) is 36.7 Å². The summed E-state index contributed by atoms with van der Waals surface area (Å²) in [6.45, 7) is 5.23. The van der Waals surface area contributed by atoms with Gasteiger partial charge < -0.3 is 10.2 Å². The Kier molecular flexibility index (Phi) is 5.45. The van der Waals surface area contributed by atoms with Crippen molar-refractivity contribution in [3.63, 3.8) is 0 Å². The molecule has 4 heteroatoms. The number of rotatable bonds is 6. The molecule has 0 aliphatic rings. The number of hydrogen-bond donors (Lipinski definition) is 1. The fraction of sp³-hybridized carbons (Fsp3) is 0.353. The van der Waals surface area contributed by atoms with Crippen LogP contribution in [-0.2, 0) is 0 Å². The van der Waals surface area contributed by atoms with Crippen molar-refractivity contribution in [1.82, 2.24) is 4.98 Å². The summed E-state index contributed by atoms with van der Waals surface area (Å²) in [6.07, 6.45) is 1.08. The zero-order valence-electron chi connectivity index (χ0n) is 12.8. The Morgan fingerprint density at radius 1 is 1.24 bits per heavy atom.